The van der Waals surface area contributed by atoms with Crippen LogP contribution in [0.15, 0.2) is 51.5 Å². The van der Waals surface area contributed by atoms with Crippen LogP contribution >= 0.6 is 11.3 Å². The van der Waals surface area contributed by atoms with E-state index in [0.29, 0.717) is 28.5 Å². The number of methoxy groups -OCH3 is 2. The van der Waals surface area contributed by atoms with Crippen molar-refractivity contribution in [2.75, 3.05) is 20.8 Å². The monoisotopic (exact) mass is 421 g/mol. The van der Waals surface area contributed by atoms with E-state index in [1.807, 2.05) is 12.1 Å². The Morgan fingerprint density at radius 1 is 1.07 bits per heavy atom. The van der Waals surface area contributed by atoms with E-state index in [9.17, 15) is 13.2 Å². The number of sulfonamides is 1. The third-order valence-electron chi connectivity index (χ3n) is 3.93. The normalized spacial score (nSPS) is 11.4. The highest BCUT2D eigenvalue weighted by Crippen LogP contribution is 2.29. The van der Waals surface area contributed by atoms with Crippen LogP contribution in [0.4, 0.5) is 0 Å². The molecule has 3 aromatic rings. The van der Waals surface area contributed by atoms with Crippen molar-refractivity contribution in [3.63, 3.8) is 0 Å². The minimum Gasteiger partial charge on any atom is -0.493 e. The molecule has 0 saturated heterocycles. The molecule has 2 heterocycles. The maximum atomic E-state index is 12.5. The van der Waals surface area contributed by atoms with E-state index in [1.54, 1.807) is 32.4 Å². The van der Waals surface area contributed by atoms with Crippen molar-refractivity contribution in [1.82, 2.24) is 14.9 Å². The lowest BCUT2D eigenvalue weighted by Crippen LogP contribution is -2.25. The Labute approximate surface area is 166 Å². The van der Waals surface area contributed by atoms with Gasteiger partial charge in [0.15, 0.2) is 11.5 Å². The topological polar surface area (TPSA) is 110 Å². The van der Waals surface area contributed by atoms with E-state index >= 15 is 0 Å². The van der Waals surface area contributed by atoms with Crippen LogP contribution in [0.25, 0.3) is 10.6 Å². The number of H-pyrrole nitrogens is 1. The summed E-state index contributed by atoms with van der Waals surface area (Å²) >= 11 is 1.08. The summed E-state index contributed by atoms with van der Waals surface area (Å²) in [4.78, 5) is 11.7. The first kappa shape index (κ1) is 20.1. The Balaban J connectivity index is 1.66. The van der Waals surface area contributed by atoms with E-state index in [0.717, 1.165) is 16.9 Å². The molecule has 0 saturated carbocycles. The molecule has 2 N–H and O–H groups in total. The average molecular weight is 422 g/mol. The van der Waals surface area contributed by atoms with Gasteiger partial charge in [0.2, 0.25) is 10.0 Å². The summed E-state index contributed by atoms with van der Waals surface area (Å²) in [5, 5.41) is 6.24. The molecule has 0 spiro atoms. The summed E-state index contributed by atoms with van der Waals surface area (Å²) in [6, 6.07) is 11.5. The highest BCUT2D eigenvalue weighted by molar-refractivity contribution is 7.91. The number of aromatic amines is 1. The van der Waals surface area contributed by atoms with Crippen molar-refractivity contribution in [3.8, 4) is 22.1 Å². The van der Waals surface area contributed by atoms with Gasteiger partial charge in [0.1, 0.15) is 9.90 Å². The number of hydrogen-bond acceptors (Lipinski definition) is 7. The minimum atomic E-state index is -3.64. The largest absolute Gasteiger partial charge is 0.493 e. The zero-order chi connectivity index (χ0) is 20.1. The summed E-state index contributed by atoms with van der Waals surface area (Å²) in [5.41, 5.74) is 1.12. The fourth-order valence-electron chi connectivity index (χ4n) is 2.52. The number of ether oxygens (including phenoxy) is 2. The van der Waals surface area contributed by atoms with Gasteiger partial charge in [0.05, 0.1) is 19.1 Å². The highest BCUT2D eigenvalue weighted by Gasteiger charge is 2.17. The van der Waals surface area contributed by atoms with Crippen molar-refractivity contribution in [3.05, 3.63) is 58.4 Å². The SMILES string of the molecule is COc1ccc(CCNS(=O)(=O)c2ccc(-c3ccc(=O)[nH]n3)s2)cc1OC. The molecule has 0 atom stereocenters. The first-order valence-corrected chi connectivity index (χ1v) is 10.6. The van der Waals surface area contributed by atoms with Gasteiger partial charge in [-0.3, -0.25) is 4.79 Å². The Kier molecular flexibility index (Phi) is 6.12. The molecule has 0 aliphatic carbocycles. The van der Waals surface area contributed by atoms with Crippen LogP contribution in [0.2, 0.25) is 0 Å². The molecule has 0 bridgehead atoms. The first-order valence-electron chi connectivity index (χ1n) is 8.29. The first-order chi connectivity index (χ1) is 13.4. The lowest BCUT2D eigenvalue weighted by Gasteiger charge is -2.10. The van der Waals surface area contributed by atoms with E-state index in [-0.39, 0.29) is 16.3 Å². The van der Waals surface area contributed by atoms with Crippen LogP contribution in [0, 0.1) is 0 Å². The molecule has 8 nitrogen and oxygen atoms in total. The molecule has 0 fully saturated rings. The van der Waals surface area contributed by atoms with Crippen molar-refractivity contribution in [2.24, 2.45) is 0 Å². The maximum absolute atomic E-state index is 12.5. The number of nitrogens with one attached hydrogen (secondary N) is 2. The fraction of sp³-hybridized carbons (Fsp3) is 0.222. The molecular weight excluding hydrogens is 402 g/mol. The van der Waals surface area contributed by atoms with Gasteiger partial charge in [-0.15, -0.1) is 11.3 Å². The quantitative estimate of drug-likeness (QED) is 0.576. The lowest BCUT2D eigenvalue weighted by molar-refractivity contribution is 0.354. The van der Waals surface area contributed by atoms with E-state index in [4.69, 9.17) is 9.47 Å². The van der Waals surface area contributed by atoms with Gasteiger partial charge in [-0.1, -0.05) is 6.07 Å². The second-order valence-corrected chi connectivity index (χ2v) is 8.84. The number of benzene rings is 1. The standard InChI is InChI=1S/C18H19N3O5S2/c1-25-14-5-3-12(11-15(14)26-2)9-10-19-28(23,24)18-8-6-16(27-18)13-4-7-17(22)21-20-13/h3-8,11,19H,9-10H2,1-2H3,(H,21,22). The number of hydrogen-bond donors (Lipinski definition) is 2. The maximum Gasteiger partial charge on any atom is 0.264 e. The second-order valence-electron chi connectivity index (χ2n) is 5.76. The fourth-order valence-corrected chi connectivity index (χ4v) is 4.87. The number of rotatable bonds is 8. The van der Waals surface area contributed by atoms with Crippen molar-refractivity contribution in [2.45, 2.75) is 10.6 Å². The molecular formula is C18H19N3O5S2. The molecule has 28 heavy (non-hydrogen) atoms. The predicted molar refractivity (Wildman–Crippen MR) is 107 cm³/mol. The van der Waals surface area contributed by atoms with Gasteiger partial charge in [-0.05, 0) is 42.3 Å². The third-order valence-corrected chi connectivity index (χ3v) is 6.99. The Hall–Kier alpha value is -2.69. The van der Waals surface area contributed by atoms with Gasteiger partial charge in [-0.25, -0.2) is 18.2 Å². The van der Waals surface area contributed by atoms with Crippen molar-refractivity contribution < 1.29 is 17.9 Å². The molecule has 3 rings (SSSR count). The van der Waals surface area contributed by atoms with Crippen LogP contribution in [0.1, 0.15) is 5.56 Å². The number of aromatic nitrogens is 2. The highest BCUT2D eigenvalue weighted by atomic mass is 32.2. The molecule has 1 aromatic carbocycles. The van der Waals surface area contributed by atoms with Crippen LogP contribution < -0.4 is 19.8 Å². The summed E-state index contributed by atoms with van der Waals surface area (Å²) in [6.07, 6.45) is 0.499. The summed E-state index contributed by atoms with van der Waals surface area (Å²) in [5.74, 6) is 1.22. The van der Waals surface area contributed by atoms with Crippen LogP contribution in [0.3, 0.4) is 0 Å². The zero-order valence-electron chi connectivity index (χ0n) is 15.3. The molecule has 0 aliphatic rings. The van der Waals surface area contributed by atoms with Gasteiger partial charge in [0, 0.05) is 12.6 Å². The second kappa shape index (κ2) is 8.55. The van der Waals surface area contributed by atoms with Gasteiger partial charge >= 0.3 is 0 Å². The molecule has 0 aliphatic heterocycles. The van der Waals surface area contributed by atoms with Crippen molar-refractivity contribution >= 4 is 21.4 Å². The van der Waals surface area contributed by atoms with E-state index in [2.05, 4.69) is 14.9 Å². The third kappa shape index (κ3) is 4.58. The molecule has 0 unspecified atom stereocenters. The van der Waals surface area contributed by atoms with E-state index in [1.165, 1.54) is 12.1 Å². The van der Waals surface area contributed by atoms with Crippen molar-refractivity contribution in [1.29, 1.82) is 0 Å². The number of nitrogens with zero attached hydrogens (tertiary/aromatic N) is 1. The Morgan fingerprint density at radius 2 is 1.86 bits per heavy atom. The molecule has 148 valence electrons. The molecule has 10 heteroatoms. The van der Waals surface area contributed by atoms with Crippen LogP contribution in [0.5, 0.6) is 11.5 Å². The lowest BCUT2D eigenvalue weighted by atomic mass is 10.1. The summed E-state index contributed by atoms with van der Waals surface area (Å²) in [6.45, 7) is 0.238. The molecule has 0 radical (unpaired) electrons. The Bertz CT molecular complexity index is 1100. The van der Waals surface area contributed by atoms with E-state index < -0.39 is 10.0 Å². The van der Waals surface area contributed by atoms with Crippen LogP contribution in [-0.2, 0) is 16.4 Å². The van der Waals surface area contributed by atoms with Gasteiger partial charge in [-0.2, -0.15) is 5.10 Å². The summed E-state index contributed by atoms with van der Waals surface area (Å²) in [7, 11) is -0.531. The van der Waals surface area contributed by atoms with Gasteiger partial charge < -0.3 is 9.47 Å². The number of thiophene rings is 1. The Morgan fingerprint density at radius 3 is 2.54 bits per heavy atom. The average Bonchev–Trinajstić information content (AvgIpc) is 3.19. The molecule has 0 amide bonds. The zero-order valence-corrected chi connectivity index (χ0v) is 16.9. The minimum absolute atomic E-state index is 0.183. The van der Waals surface area contributed by atoms with Crippen LogP contribution in [-0.4, -0.2) is 39.4 Å². The van der Waals surface area contributed by atoms with Gasteiger partial charge in [0.25, 0.3) is 5.56 Å². The molecule has 2 aromatic heterocycles. The predicted octanol–water partition coefficient (Wildman–Crippen LogP) is 2.04. The summed E-state index contributed by atoms with van der Waals surface area (Å²) < 4.78 is 38.3. The smallest absolute Gasteiger partial charge is 0.264 e.